The number of rotatable bonds is 8. The molecule has 2 aliphatic carbocycles. The van der Waals surface area contributed by atoms with E-state index < -0.39 is 12.8 Å². The van der Waals surface area contributed by atoms with E-state index in [0.29, 0.717) is 28.5 Å². The number of amides is 1. The minimum atomic E-state index is -4.54. The van der Waals surface area contributed by atoms with Crippen molar-refractivity contribution in [2.45, 2.75) is 76.4 Å². The SMILES string of the molecule is C=CC(=O)N1CC2(CCN(c3nc(N4CCC(N5CC6(CC6)C5)CC4)nc4c(OCC(F)(F)F)c(-c5c(C)ccc6[nH]ncc56)c(C5CC5)cc34)CC2)C1. The normalized spacial score (nSPS) is 22.6. The van der Waals surface area contributed by atoms with E-state index in [2.05, 4.69) is 37.5 Å². The zero-order valence-electron chi connectivity index (χ0n) is 30.9. The first-order chi connectivity index (χ1) is 26.0. The number of aromatic amines is 1. The number of carbonyl (C=O) groups excluding carboxylic acids is 1. The molecule has 4 aromatic rings. The van der Waals surface area contributed by atoms with Gasteiger partial charge in [0.25, 0.3) is 0 Å². The number of halogens is 3. The number of fused-ring (bicyclic) bond motifs is 2. The fourth-order valence-corrected chi connectivity index (χ4v) is 9.89. The van der Waals surface area contributed by atoms with E-state index in [-0.39, 0.29) is 23.0 Å². The Kier molecular flexibility index (Phi) is 7.78. The van der Waals surface area contributed by atoms with Crippen LogP contribution in [0, 0.1) is 17.8 Å². The Bertz CT molecular complexity index is 2140. The number of carbonyl (C=O) groups is 1. The number of benzene rings is 2. The Hall–Kier alpha value is -4.39. The van der Waals surface area contributed by atoms with Crippen LogP contribution in [-0.4, -0.2) is 107 Å². The molecule has 6 heterocycles. The Morgan fingerprint density at radius 2 is 1.67 bits per heavy atom. The molecule has 6 aliphatic rings. The molecule has 1 N–H and O–H groups in total. The standard InChI is InChI=1S/C41H47F3N8O2/c1-3-32(53)52-22-40(23-52)12-16-49(17-13-40)37-29-18-28(26-5-6-26)34(33-25(2)4-7-31-30(33)19-45-48-31)36(54-24-41(42,43)44)35(29)46-38(47-37)50-14-8-27(9-15-50)51-20-39(21-51)10-11-39/h3-4,7,18-19,26-27H,1,5-6,8-17,20-24H2,2H3,(H,45,48). The molecule has 1 amide bonds. The van der Waals surface area contributed by atoms with Crippen molar-refractivity contribution in [1.82, 2.24) is 30.0 Å². The third kappa shape index (κ3) is 5.88. The molecule has 13 heteroatoms. The zero-order chi connectivity index (χ0) is 37.0. The quantitative estimate of drug-likeness (QED) is 0.194. The molecule has 0 bridgehead atoms. The predicted octanol–water partition coefficient (Wildman–Crippen LogP) is 6.98. The number of aryl methyl sites for hydroxylation is 1. The maximum Gasteiger partial charge on any atom is 0.422 e. The highest BCUT2D eigenvalue weighted by atomic mass is 19.4. The number of nitrogens with one attached hydrogen (secondary N) is 1. The van der Waals surface area contributed by atoms with Gasteiger partial charge in [0.05, 0.1) is 11.7 Å². The van der Waals surface area contributed by atoms with E-state index in [1.807, 2.05) is 24.0 Å². The molecular weight excluding hydrogens is 693 g/mol. The van der Waals surface area contributed by atoms with Crippen LogP contribution < -0.4 is 14.5 Å². The smallest absolute Gasteiger partial charge is 0.422 e. The topological polar surface area (TPSA) is 93.7 Å². The summed E-state index contributed by atoms with van der Waals surface area (Å²) in [6, 6.07) is 6.64. The summed E-state index contributed by atoms with van der Waals surface area (Å²) in [5.41, 5.74) is 5.32. The second kappa shape index (κ2) is 12.3. The fourth-order valence-electron chi connectivity index (χ4n) is 9.89. The average Bonchev–Trinajstić information content (AvgIpc) is 4.08. The van der Waals surface area contributed by atoms with Gasteiger partial charge in [-0.25, -0.2) is 4.98 Å². The minimum absolute atomic E-state index is 0.0319. The highest BCUT2D eigenvalue weighted by molar-refractivity contribution is 6.06. The van der Waals surface area contributed by atoms with Crippen molar-refractivity contribution in [3.8, 4) is 16.9 Å². The molecule has 2 aromatic carbocycles. The minimum Gasteiger partial charge on any atom is -0.481 e. The molecule has 0 atom stereocenters. The largest absolute Gasteiger partial charge is 0.481 e. The second-order valence-electron chi connectivity index (χ2n) is 17.2. The molecule has 4 aliphatic heterocycles. The summed E-state index contributed by atoms with van der Waals surface area (Å²) in [5, 5.41) is 8.94. The first-order valence-electron chi connectivity index (χ1n) is 19.7. The number of nitrogens with zero attached hydrogens (tertiary/aromatic N) is 7. The maximum absolute atomic E-state index is 14.1. The number of alkyl halides is 3. The predicted molar refractivity (Wildman–Crippen MR) is 202 cm³/mol. The van der Waals surface area contributed by atoms with Crippen molar-refractivity contribution in [2.75, 3.05) is 68.8 Å². The van der Waals surface area contributed by atoms with E-state index in [0.717, 1.165) is 117 Å². The molecule has 2 spiro atoms. The molecular formula is C41H47F3N8O2. The van der Waals surface area contributed by atoms with E-state index in [4.69, 9.17) is 14.7 Å². The molecule has 2 saturated carbocycles. The highest BCUT2D eigenvalue weighted by Crippen LogP contribution is 2.55. The number of hydrogen-bond donors (Lipinski definition) is 1. The van der Waals surface area contributed by atoms with Gasteiger partial charge >= 0.3 is 6.18 Å². The number of ether oxygens (including phenoxy) is 1. The van der Waals surface area contributed by atoms with Gasteiger partial charge in [0.2, 0.25) is 11.9 Å². The van der Waals surface area contributed by atoms with Gasteiger partial charge in [-0.1, -0.05) is 12.6 Å². The average molecular weight is 741 g/mol. The van der Waals surface area contributed by atoms with Crippen molar-refractivity contribution in [3.63, 3.8) is 0 Å². The number of hydrogen-bond acceptors (Lipinski definition) is 8. The first-order valence-corrected chi connectivity index (χ1v) is 19.7. The van der Waals surface area contributed by atoms with Crippen LogP contribution >= 0.6 is 0 Å². The van der Waals surface area contributed by atoms with Crippen molar-refractivity contribution < 1.29 is 22.7 Å². The van der Waals surface area contributed by atoms with E-state index >= 15 is 0 Å². The third-order valence-corrected chi connectivity index (χ3v) is 13.4. The number of H-pyrrole nitrogens is 1. The Balaban J connectivity index is 1.09. The Morgan fingerprint density at radius 1 is 0.944 bits per heavy atom. The monoisotopic (exact) mass is 740 g/mol. The van der Waals surface area contributed by atoms with Crippen LogP contribution in [-0.2, 0) is 4.79 Å². The Morgan fingerprint density at radius 3 is 2.33 bits per heavy atom. The molecule has 4 saturated heterocycles. The first kappa shape index (κ1) is 34.1. The van der Waals surface area contributed by atoms with Crippen LogP contribution in [0.5, 0.6) is 5.75 Å². The number of piperidine rings is 2. The van der Waals surface area contributed by atoms with Crippen LogP contribution in [0.25, 0.3) is 32.9 Å². The molecule has 10 rings (SSSR count). The van der Waals surface area contributed by atoms with Gasteiger partial charge < -0.3 is 19.4 Å². The summed E-state index contributed by atoms with van der Waals surface area (Å²) < 4.78 is 48.5. The fraction of sp³-hybridized carbons (Fsp3) is 0.561. The number of anilines is 2. The van der Waals surface area contributed by atoms with Crippen LogP contribution in [0.4, 0.5) is 24.9 Å². The summed E-state index contributed by atoms with van der Waals surface area (Å²) in [4.78, 5) is 31.8. The molecule has 0 radical (unpaired) electrons. The molecule has 2 aromatic heterocycles. The van der Waals surface area contributed by atoms with Crippen molar-refractivity contribution in [3.05, 3.63) is 48.2 Å². The molecule has 6 fully saturated rings. The zero-order valence-corrected chi connectivity index (χ0v) is 30.9. The van der Waals surface area contributed by atoms with Gasteiger partial charge in [-0.3, -0.25) is 14.8 Å². The van der Waals surface area contributed by atoms with Crippen molar-refractivity contribution >= 4 is 39.5 Å². The number of aromatic nitrogens is 4. The second-order valence-corrected chi connectivity index (χ2v) is 17.2. The van der Waals surface area contributed by atoms with Crippen molar-refractivity contribution in [2.24, 2.45) is 10.8 Å². The van der Waals surface area contributed by atoms with Crippen LogP contribution in [0.3, 0.4) is 0 Å². The lowest BCUT2D eigenvalue weighted by Crippen LogP contribution is -2.61. The van der Waals surface area contributed by atoms with Gasteiger partial charge in [-0.15, -0.1) is 0 Å². The summed E-state index contributed by atoms with van der Waals surface area (Å²) >= 11 is 0. The van der Waals surface area contributed by atoms with E-state index in [9.17, 15) is 18.0 Å². The Labute approximate surface area is 312 Å². The van der Waals surface area contributed by atoms with Crippen LogP contribution in [0.1, 0.15) is 68.4 Å². The van der Waals surface area contributed by atoms with Gasteiger partial charge in [0, 0.05) is 80.2 Å². The highest BCUT2D eigenvalue weighted by Gasteiger charge is 2.54. The summed E-state index contributed by atoms with van der Waals surface area (Å²) in [7, 11) is 0. The van der Waals surface area contributed by atoms with Gasteiger partial charge in [-0.2, -0.15) is 23.3 Å². The van der Waals surface area contributed by atoms with Crippen LogP contribution in [0.15, 0.2) is 37.1 Å². The molecule has 10 nitrogen and oxygen atoms in total. The third-order valence-electron chi connectivity index (χ3n) is 13.4. The van der Waals surface area contributed by atoms with Gasteiger partial charge in [0.15, 0.2) is 12.4 Å². The lowest BCUT2D eigenvalue weighted by Gasteiger charge is -2.54. The lowest BCUT2D eigenvalue weighted by molar-refractivity contribution is -0.153. The lowest BCUT2D eigenvalue weighted by atomic mass is 9.72. The summed E-state index contributed by atoms with van der Waals surface area (Å²) in [6.45, 7) is 11.1. The van der Waals surface area contributed by atoms with Gasteiger partial charge in [0.1, 0.15) is 11.3 Å². The van der Waals surface area contributed by atoms with E-state index in [1.165, 1.54) is 32.0 Å². The van der Waals surface area contributed by atoms with E-state index in [1.54, 1.807) is 6.20 Å². The molecule has 0 unspecified atom stereocenters. The summed E-state index contributed by atoms with van der Waals surface area (Å²) in [6.07, 6.45) is 7.00. The van der Waals surface area contributed by atoms with Crippen molar-refractivity contribution in [1.29, 1.82) is 0 Å². The molecule has 54 heavy (non-hydrogen) atoms. The van der Waals surface area contributed by atoms with Crippen LogP contribution in [0.2, 0.25) is 0 Å². The summed E-state index contributed by atoms with van der Waals surface area (Å²) in [5.74, 6) is 1.63. The molecule has 284 valence electrons. The maximum atomic E-state index is 14.1. The number of likely N-dealkylation sites (tertiary alicyclic amines) is 2. The van der Waals surface area contributed by atoms with Gasteiger partial charge in [-0.05, 0) is 105 Å².